The van der Waals surface area contributed by atoms with E-state index in [4.69, 9.17) is 10.5 Å². The summed E-state index contributed by atoms with van der Waals surface area (Å²) in [5, 5.41) is 1.09. The molecule has 1 aliphatic rings. The summed E-state index contributed by atoms with van der Waals surface area (Å²) in [6.45, 7) is 6.71. The van der Waals surface area contributed by atoms with Crippen LogP contribution in [0.25, 0.3) is 10.9 Å². The summed E-state index contributed by atoms with van der Waals surface area (Å²) in [6.07, 6.45) is 1.49. The maximum Gasteiger partial charge on any atom is 0.410 e. The number of nitrogens with two attached hydrogens (primary N) is 1. The zero-order valence-electron chi connectivity index (χ0n) is 13.8. The summed E-state index contributed by atoms with van der Waals surface area (Å²) in [5.41, 5.74) is 7.90. The van der Waals surface area contributed by atoms with Crippen molar-refractivity contribution in [2.45, 2.75) is 38.3 Å². The number of aromatic nitrogens is 1. The molecule has 1 saturated heterocycles. The van der Waals surface area contributed by atoms with Crippen LogP contribution in [0, 0.1) is 0 Å². The minimum absolute atomic E-state index is 0.0864. The van der Waals surface area contributed by atoms with Crippen molar-refractivity contribution in [2.24, 2.45) is 5.73 Å². The van der Waals surface area contributed by atoms with Crippen molar-refractivity contribution in [3.8, 4) is 0 Å². The molecule has 2 atom stereocenters. The van der Waals surface area contributed by atoms with Crippen molar-refractivity contribution in [3.05, 3.63) is 42.1 Å². The maximum absolute atomic E-state index is 12.2. The number of fused-ring (bicyclic) bond motifs is 1. The zero-order chi connectivity index (χ0) is 16.6. The van der Waals surface area contributed by atoms with Crippen LogP contribution in [0.5, 0.6) is 0 Å². The molecule has 1 aromatic carbocycles. The van der Waals surface area contributed by atoms with E-state index < -0.39 is 5.60 Å². The van der Waals surface area contributed by atoms with Crippen molar-refractivity contribution in [3.63, 3.8) is 0 Å². The van der Waals surface area contributed by atoms with E-state index in [0.717, 1.165) is 16.5 Å². The van der Waals surface area contributed by atoms with Crippen molar-refractivity contribution in [2.75, 3.05) is 13.1 Å². The lowest BCUT2D eigenvalue weighted by Gasteiger charge is -2.24. The van der Waals surface area contributed by atoms with E-state index in [2.05, 4.69) is 17.1 Å². The Morgan fingerprint density at radius 1 is 1.30 bits per heavy atom. The van der Waals surface area contributed by atoms with Crippen LogP contribution in [0.3, 0.4) is 0 Å². The van der Waals surface area contributed by atoms with Crippen LogP contribution in [-0.4, -0.2) is 40.7 Å². The van der Waals surface area contributed by atoms with Crippen molar-refractivity contribution >= 4 is 17.0 Å². The summed E-state index contributed by atoms with van der Waals surface area (Å²) < 4.78 is 5.45. The predicted molar refractivity (Wildman–Crippen MR) is 90.3 cm³/mol. The Balaban J connectivity index is 1.79. The van der Waals surface area contributed by atoms with Gasteiger partial charge in [-0.25, -0.2) is 4.79 Å². The standard InChI is InChI=1S/C18H23N3O2/c1-18(2,3)23-17(22)21-10-14(15(19)11-21)12-6-7-16-13(9-12)5-4-8-20-16/h4-9,14-15H,10-11,19H2,1-3H3/t14-,15+/m1/s1. The van der Waals surface area contributed by atoms with Crippen LogP contribution in [-0.2, 0) is 4.74 Å². The van der Waals surface area contributed by atoms with Gasteiger partial charge >= 0.3 is 6.09 Å². The Labute approximate surface area is 136 Å². The van der Waals surface area contributed by atoms with Gasteiger partial charge in [0.05, 0.1) is 5.52 Å². The number of benzene rings is 1. The molecule has 1 amide bonds. The summed E-state index contributed by atoms with van der Waals surface area (Å²) in [6, 6.07) is 10.1. The van der Waals surface area contributed by atoms with Gasteiger partial charge < -0.3 is 15.4 Å². The van der Waals surface area contributed by atoms with Gasteiger partial charge in [0.1, 0.15) is 5.60 Å². The zero-order valence-corrected chi connectivity index (χ0v) is 13.8. The molecular weight excluding hydrogens is 290 g/mol. The lowest BCUT2D eigenvalue weighted by atomic mass is 9.94. The lowest BCUT2D eigenvalue weighted by molar-refractivity contribution is 0.0290. The number of nitrogens with zero attached hydrogens (tertiary/aromatic N) is 2. The molecule has 122 valence electrons. The Hall–Kier alpha value is -2.14. The Morgan fingerprint density at radius 2 is 2.09 bits per heavy atom. The van der Waals surface area contributed by atoms with Crippen LogP contribution >= 0.6 is 0 Å². The van der Waals surface area contributed by atoms with Gasteiger partial charge in [-0.15, -0.1) is 0 Å². The van der Waals surface area contributed by atoms with E-state index in [1.807, 2.05) is 39.0 Å². The molecule has 0 unspecified atom stereocenters. The van der Waals surface area contributed by atoms with Gasteiger partial charge in [0, 0.05) is 36.6 Å². The highest BCUT2D eigenvalue weighted by molar-refractivity contribution is 5.79. The molecule has 5 nitrogen and oxygen atoms in total. The second-order valence-corrected chi connectivity index (χ2v) is 7.11. The first kappa shape index (κ1) is 15.7. The van der Waals surface area contributed by atoms with E-state index >= 15 is 0 Å². The third-order valence-electron chi connectivity index (χ3n) is 4.07. The first-order valence-electron chi connectivity index (χ1n) is 7.92. The van der Waals surface area contributed by atoms with E-state index in [-0.39, 0.29) is 18.1 Å². The minimum atomic E-state index is -0.492. The molecule has 2 heterocycles. The van der Waals surface area contributed by atoms with Gasteiger partial charge in [-0.3, -0.25) is 4.98 Å². The molecule has 0 spiro atoms. The molecule has 2 aromatic rings. The number of ether oxygens (including phenoxy) is 1. The second kappa shape index (κ2) is 5.81. The number of carbonyl (C=O) groups is 1. The average molecular weight is 313 g/mol. The van der Waals surface area contributed by atoms with Gasteiger partial charge in [0.15, 0.2) is 0 Å². The number of hydrogen-bond acceptors (Lipinski definition) is 4. The predicted octanol–water partition coefficient (Wildman–Crippen LogP) is 2.90. The summed E-state index contributed by atoms with van der Waals surface area (Å²) in [4.78, 5) is 18.3. The van der Waals surface area contributed by atoms with Crippen molar-refractivity contribution < 1.29 is 9.53 Å². The summed E-state index contributed by atoms with van der Waals surface area (Å²) in [5.74, 6) is 0.118. The van der Waals surface area contributed by atoms with Gasteiger partial charge in [0.2, 0.25) is 0 Å². The number of carbonyl (C=O) groups excluding carboxylic acids is 1. The van der Waals surface area contributed by atoms with E-state index in [9.17, 15) is 4.79 Å². The molecule has 0 aliphatic carbocycles. The van der Waals surface area contributed by atoms with Gasteiger partial charge in [-0.05, 0) is 44.5 Å². The van der Waals surface area contributed by atoms with Crippen LogP contribution in [0.15, 0.2) is 36.5 Å². The molecule has 0 radical (unpaired) electrons. The van der Waals surface area contributed by atoms with Crippen LogP contribution < -0.4 is 5.73 Å². The van der Waals surface area contributed by atoms with E-state index in [1.165, 1.54) is 0 Å². The minimum Gasteiger partial charge on any atom is -0.444 e. The molecule has 0 bridgehead atoms. The molecule has 1 aliphatic heterocycles. The second-order valence-electron chi connectivity index (χ2n) is 7.11. The third kappa shape index (κ3) is 3.45. The topological polar surface area (TPSA) is 68.5 Å². The van der Waals surface area contributed by atoms with Crippen molar-refractivity contribution in [1.82, 2.24) is 9.88 Å². The van der Waals surface area contributed by atoms with Crippen LogP contribution in [0.4, 0.5) is 4.79 Å². The number of pyridine rings is 1. The van der Waals surface area contributed by atoms with Gasteiger partial charge in [0.25, 0.3) is 0 Å². The molecule has 1 aromatic heterocycles. The number of hydrogen-bond donors (Lipinski definition) is 1. The lowest BCUT2D eigenvalue weighted by Crippen LogP contribution is -2.36. The number of rotatable bonds is 1. The van der Waals surface area contributed by atoms with E-state index in [1.54, 1.807) is 11.1 Å². The first-order valence-corrected chi connectivity index (χ1v) is 7.92. The van der Waals surface area contributed by atoms with Crippen LogP contribution in [0.1, 0.15) is 32.3 Å². The molecule has 0 saturated carbocycles. The largest absolute Gasteiger partial charge is 0.444 e. The maximum atomic E-state index is 12.2. The first-order chi connectivity index (χ1) is 10.8. The van der Waals surface area contributed by atoms with E-state index in [0.29, 0.717) is 13.1 Å². The summed E-state index contributed by atoms with van der Waals surface area (Å²) in [7, 11) is 0. The van der Waals surface area contributed by atoms with Gasteiger partial charge in [-0.2, -0.15) is 0 Å². The monoisotopic (exact) mass is 313 g/mol. The van der Waals surface area contributed by atoms with Crippen molar-refractivity contribution in [1.29, 1.82) is 0 Å². The third-order valence-corrected chi connectivity index (χ3v) is 4.07. The molecule has 5 heteroatoms. The number of amides is 1. The Bertz CT molecular complexity index is 724. The highest BCUT2D eigenvalue weighted by Crippen LogP contribution is 2.29. The number of likely N-dealkylation sites (tertiary alicyclic amines) is 1. The fourth-order valence-corrected chi connectivity index (χ4v) is 2.98. The normalized spacial score (nSPS) is 21.7. The Kier molecular flexibility index (Phi) is 3.98. The quantitative estimate of drug-likeness (QED) is 0.879. The molecular formula is C18H23N3O2. The SMILES string of the molecule is CC(C)(C)OC(=O)N1C[C@H](c2ccc3ncccc3c2)[C@@H](N)C1. The highest BCUT2D eigenvalue weighted by Gasteiger charge is 2.36. The Morgan fingerprint density at radius 3 is 2.83 bits per heavy atom. The molecule has 23 heavy (non-hydrogen) atoms. The highest BCUT2D eigenvalue weighted by atomic mass is 16.6. The fourth-order valence-electron chi connectivity index (χ4n) is 2.98. The molecule has 2 N–H and O–H groups in total. The molecule has 3 rings (SSSR count). The molecule has 1 fully saturated rings. The average Bonchev–Trinajstić information content (AvgIpc) is 2.87. The van der Waals surface area contributed by atoms with Gasteiger partial charge in [-0.1, -0.05) is 12.1 Å². The summed E-state index contributed by atoms with van der Waals surface area (Å²) >= 11 is 0. The smallest absolute Gasteiger partial charge is 0.410 e. The van der Waals surface area contributed by atoms with Crippen LogP contribution in [0.2, 0.25) is 0 Å². The fraction of sp³-hybridized carbons (Fsp3) is 0.444.